The third-order valence-electron chi connectivity index (χ3n) is 3.68. The summed E-state index contributed by atoms with van der Waals surface area (Å²) < 4.78 is 10.1. The Morgan fingerprint density at radius 2 is 1.77 bits per heavy atom. The number of carbonyl (C=O) groups is 2. The van der Waals surface area contributed by atoms with Crippen LogP contribution in [-0.2, 0) is 9.53 Å². The van der Waals surface area contributed by atoms with Crippen LogP contribution in [0.5, 0.6) is 5.75 Å². The molecule has 0 saturated carbocycles. The molecular weight excluding hydrogens is 377 g/mol. The molecule has 0 heterocycles. The standard InChI is InChI=1S/C19H19Cl2NO4/c1-3-26-18(23)11-17(12-4-7-14(25-2)8-5-12)22-19(24)13-6-9-15(20)16(21)10-13/h4-10,17H,3,11H2,1-2H3,(H,22,24). The van der Waals surface area contributed by atoms with Gasteiger partial charge in [0.1, 0.15) is 5.75 Å². The van der Waals surface area contributed by atoms with Crippen LogP contribution in [0.4, 0.5) is 0 Å². The molecule has 0 radical (unpaired) electrons. The topological polar surface area (TPSA) is 64.6 Å². The van der Waals surface area contributed by atoms with Gasteiger partial charge in [0.2, 0.25) is 0 Å². The molecule has 2 aromatic carbocycles. The summed E-state index contributed by atoms with van der Waals surface area (Å²) in [5, 5.41) is 3.49. The van der Waals surface area contributed by atoms with Gasteiger partial charge in [-0.3, -0.25) is 9.59 Å². The van der Waals surface area contributed by atoms with Gasteiger partial charge in [0.05, 0.1) is 36.2 Å². The van der Waals surface area contributed by atoms with Crippen molar-refractivity contribution in [1.82, 2.24) is 5.32 Å². The molecule has 0 aliphatic rings. The molecule has 0 aromatic heterocycles. The van der Waals surface area contributed by atoms with E-state index >= 15 is 0 Å². The Kier molecular flexibility index (Phi) is 7.30. The largest absolute Gasteiger partial charge is 0.497 e. The van der Waals surface area contributed by atoms with Gasteiger partial charge in [-0.15, -0.1) is 0 Å². The van der Waals surface area contributed by atoms with E-state index in [1.165, 1.54) is 6.07 Å². The molecule has 26 heavy (non-hydrogen) atoms. The van der Waals surface area contributed by atoms with E-state index in [1.807, 2.05) is 0 Å². The van der Waals surface area contributed by atoms with Crippen molar-refractivity contribution in [2.24, 2.45) is 0 Å². The highest BCUT2D eigenvalue weighted by Crippen LogP contribution is 2.24. The lowest BCUT2D eigenvalue weighted by Gasteiger charge is -2.19. The van der Waals surface area contributed by atoms with Gasteiger partial charge < -0.3 is 14.8 Å². The third kappa shape index (κ3) is 5.38. The van der Waals surface area contributed by atoms with Crippen molar-refractivity contribution in [2.75, 3.05) is 13.7 Å². The van der Waals surface area contributed by atoms with Crippen LogP contribution < -0.4 is 10.1 Å². The molecule has 0 bridgehead atoms. The van der Waals surface area contributed by atoms with Crippen LogP contribution in [0.15, 0.2) is 42.5 Å². The normalized spacial score (nSPS) is 11.5. The van der Waals surface area contributed by atoms with Crippen LogP contribution >= 0.6 is 23.2 Å². The highest BCUT2D eigenvalue weighted by molar-refractivity contribution is 6.42. The molecule has 0 fully saturated rings. The number of nitrogens with one attached hydrogen (secondary N) is 1. The van der Waals surface area contributed by atoms with E-state index in [2.05, 4.69) is 5.32 Å². The molecule has 2 aromatic rings. The Bertz CT molecular complexity index is 778. The fourth-order valence-electron chi connectivity index (χ4n) is 2.35. The molecule has 7 heteroatoms. The van der Waals surface area contributed by atoms with Gasteiger partial charge in [0.15, 0.2) is 0 Å². The first-order valence-corrected chi connectivity index (χ1v) is 8.75. The lowest BCUT2D eigenvalue weighted by molar-refractivity contribution is -0.143. The maximum absolute atomic E-state index is 12.6. The maximum Gasteiger partial charge on any atom is 0.308 e. The second-order valence-electron chi connectivity index (χ2n) is 5.44. The highest BCUT2D eigenvalue weighted by atomic mass is 35.5. The summed E-state index contributed by atoms with van der Waals surface area (Å²) in [4.78, 5) is 24.5. The van der Waals surface area contributed by atoms with Gasteiger partial charge in [0, 0.05) is 5.56 Å². The van der Waals surface area contributed by atoms with Gasteiger partial charge in [0.25, 0.3) is 5.91 Å². The summed E-state index contributed by atoms with van der Waals surface area (Å²) in [6, 6.07) is 11.1. The Morgan fingerprint density at radius 3 is 2.35 bits per heavy atom. The number of amides is 1. The Morgan fingerprint density at radius 1 is 1.08 bits per heavy atom. The van der Waals surface area contributed by atoms with Gasteiger partial charge in [-0.2, -0.15) is 0 Å². The Balaban J connectivity index is 2.22. The maximum atomic E-state index is 12.6. The molecule has 0 aliphatic heterocycles. The van der Waals surface area contributed by atoms with Crippen LogP contribution in [0.1, 0.15) is 35.3 Å². The molecule has 0 saturated heterocycles. The number of esters is 1. The molecule has 1 atom stereocenters. The number of halogens is 2. The summed E-state index contributed by atoms with van der Waals surface area (Å²) in [5.74, 6) is -0.0871. The van der Waals surface area contributed by atoms with Crippen molar-refractivity contribution >= 4 is 35.1 Å². The molecule has 0 aliphatic carbocycles. The zero-order valence-corrected chi connectivity index (χ0v) is 15.9. The molecule has 2 rings (SSSR count). The van der Waals surface area contributed by atoms with Gasteiger partial charge in [-0.05, 0) is 42.8 Å². The first kappa shape index (κ1) is 20.1. The molecule has 1 amide bonds. The van der Waals surface area contributed by atoms with Crippen LogP contribution in [-0.4, -0.2) is 25.6 Å². The monoisotopic (exact) mass is 395 g/mol. The van der Waals surface area contributed by atoms with E-state index in [0.717, 1.165) is 5.56 Å². The minimum absolute atomic E-state index is 0.00717. The number of benzene rings is 2. The van der Waals surface area contributed by atoms with E-state index in [4.69, 9.17) is 32.7 Å². The van der Waals surface area contributed by atoms with Crippen LogP contribution in [0.25, 0.3) is 0 Å². The third-order valence-corrected chi connectivity index (χ3v) is 4.42. The molecule has 0 spiro atoms. The van der Waals surface area contributed by atoms with Crippen LogP contribution in [0.2, 0.25) is 10.0 Å². The van der Waals surface area contributed by atoms with E-state index in [1.54, 1.807) is 50.4 Å². The first-order valence-electron chi connectivity index (χ1n) is 8.00. The molecule has 138 valence electrons. The minimum Gasteiger partial charge on any atom is -0.497 e. The van der Waals surface area contributed by atoms with Crippen molar-refractivity contribution in [3.63, 3.8) is 0 Å². The zero-order valence-electron chi connectivity index (χ0n) is 14.4. The average molecular weight is 396 g/mol. The Hall–Kier alpha value is -2.24. The van der Waals surface area contributed by atoms with E-state index in [9.17, 15) is 9.59 Å². The van der Waals surface area contributed by atoms with Gasteiger partial charge >= 0.3 is 5.97 Å². The summed E-state index contributed by atoms with van der Waals surface area (Å²) >= 11 is 11.9. The molecular formula is C19H19Cl2NO4. The second kappa shape index (κ2) is 9.46. The van der Waals surface area contributed by atoms with Gasteiger partial charge in [-0.1, -0.05) is 35.3 Å². The molecule has 5 nitrogen and oxygen atoms in total. The average Bonchev–Trinajstić information content (AvgIpc) is 2.63. The van der Waals surface area contributed by atoms with Crippen molar-refractivity contribution in [3.8, 4) is 5.75 Å². The number of ether oxygens (including phenoxy) is 2. The number of hydrogen-bond acceptors (Lipinski definition) is 4. The lowest BCUT2D eigenvalue weighted by Crippen LogP contribution is -2.30. The molecule has 1 N–H and O–H groups in total. The number of rotatable bonds is 7. The zero-order chi connectivity index (χ0) is 19.1. The Labute approximate surface area is 162 Å². The fraction of sp³-hybridized carbons (Fsp3) is 0.263. The fourth-order valence-corrected chi connectivity index (χ4v) is 2.65. The summed E-state index contributed by atoms with van der Waals surface area (Å²) in [6.45, 7) is 2.00. The van der Waals surface area contributed by atoms with E-state index < -0.39 is 12.0 Å². The summed E-state index contributed by atoms with van der Waals surface area (Å²) in [6.07, 6.45) is 0.00717. The first-order chi connectivity index (χ1) is 12.4. The van der Waals surface area contributed by atoms with E-state index in [-0.39, 0.29) is 24.0 Å². The van der Waals surface area contributed by atoms with Gasteiger partial charge in [-0.25, -0.2) is 0 Å². The van der Waals surface area contributed by atoms with Crippen molar-refractivity contribution in [3.05, 3.63) is 63.6 Å². The summed E-state index contributed by atoms with van der Waals surface area (Å²) in [5.41, 5.74) is 1.11. The molecule has 1 unspecified atom stereocenters. The van der Waals surface area contributed by atoms with Crippen molar-refractivity contribution in [2.45, 2.75) is 19.4 Å². The number of methoxy groups -OCH3 is 1. The number of carbonyl (C=O) groups excluding carboxylic acids is 2. The van der Waals surface area contributed by atoms with Crippen molar-refractivity contribution < 1.29 is 19.1 Å². The van der Waals surface area contributed by atoms with E-state index in [0.29, 0.717) is 16.3 Å². The predicted octanol–water partition coefficient (Wildman–Crippen LogP) is 4.43. The number of hydrogen-bond donors (Lipinski definition) is 1. The summed E-state index contributed by atoms with van der Waals surface area (Å²) in [7, 11) is 1.57. The predicted molar refractivity (Wildman–Crippen MR) is 101 cm³/mol. The minimum atomic E-state index is -0.554. The SMILES string of the molecule is CCOC(=O)CC(NC(=O)c1ccc(Cl)c(Cl)c1)c1ccc(OC)cc1. The van der Waals surface area contributed by atoms with Crippen LogP contribution in [0, 0.1) is 0 Å². The lowest BCUT2D eigenvalue weighted by atomic mass is 10.0. The van der Waals surface area contributed by atoms with Crippen molar-refractivity contribution in [1.29, 1.82) is 0 Å². The quantitative estimate of drug-likeness (QED) is 0.704. The van der Waals surface area contributed by atoms with Crippen LogP contribution in [0.3, 0.4) is 0 Å². The smallest absolute Gasteiger partial charge is 0.308 e. The highest BCUT2D eigenvalue weighted by Gasteiger charge is 2.20. The second-order valence-corrected chi connectivity index (χ2v) is 6.25.